The molecular weight excluding hydrogens is 373 g/mol. The van der Waals surface area contributed by atoms with Crippen LogP contribution in [0.2, 0.25) is 0 Å². The molecule has 0 amide bonds. The Morgan fingerprint density at radius 1 is 1.18 bits per heavy atom. The Labute approximate surface area is 159 Å². The van der Waals surface area contributed by atoms with E-state index in [4.69, 9.17) is 10.00 Å². The first kappa shape index (κ1) is 19.5. The van der Waals surface area contributed by atoms with Crippen molar-refractivity contribution in [1.29, 1.82) is 10.5 Å². The van der Waals surface area contributed by atoms with Gasteiger partial charge >= 0.3 is 6.18 Å². The van der Waals surface area contributed by atoms with Gasteiger partial charge in [-0.2, -0.15) is 23.7 Å². The number of hydrogen-bond donors (Lipinski definition) is 1. The van der Waals surface area contributed by atoms with Gasteiger partial charge in [0.2, 0.25) is 0 Å². The van der Waals surface area contributed by atoms with Gasteiger partial charge in [-0.15, -0.1) is 0 Å². The molecule has 0 saturated heterocycles. The van der Waals surface area contributed by atoms with Crippen molar-refractivity contribution >= 4 is 11.5 Å². The maximum Gasteiger partial charge on any atom is 0.405 e. The molecule has 1 atom stereocenters. The molecule has 144 valence electrons. The van der Waals surface area contributed by atoms with Gasteiger partial charge in [0.25, 0.3) is 5.82 Å². The fourth-order valence-electron chi connectivity index (χ4n) is 3.26. The number of nitrogens with zero attached hydrogens (tertiary/aromatic N) is 3. The minimum atomic E-state index is -4.87. The number of hydrogen-bond acceptors (Lipinski definition) is 5. The van der Waals surface area contributed by atoms with Crippen LogP contribution in [0.1, 0.15) is 36.1 Å². The SMILES string of the molecule is CC(C)OC[C@@]1(C(F)(F)F)c2cc(C#N)ccc2Nc2c1cc(C#N)c[n+]2[O-]. The molecule has 28 heavy (non-hydrogen) atoms. The zero-order chi connectivity index (χ0) is 20.7. The van der Waals surface area contributed by atoms with E-state index in [1.54, 1.807) is 19.9 Å². The van der Waals surface area contributed by atoms with Gasteiger partial charge in [-0.05, 0) is 38.1 Å². The van der Waals surface area contributed by atoms with Gasteiger partial charge in [-0.3, -0.25) is 0 Å². The van der Waals surface area contributed by atoms with Crippen molar-refractivity contribution in [3.8, 4) is 12.1 Å². The Balaban J connectivity index is 2.43. The van der Waals surface area contributed by atoms with Crippen LogP contribution in [0.25, 0.3) is 0 Å². The zero-order valence-electron chi connectivity index (χ0n) is 15.0. The maximum absolute atomic E-state index is 14.6. The van der Waals surface area contributed by atoms with Gasteiger partial charge in [-0.25, -0.2) is 10.0 Å². The molecule has 0 aliphatic carbocycles. The Morgan fingerprint density at radius 2 is 1.82 bits per heavy atom. The molecule has 0 spiro atoms. The summed E-state index contributed by atoms with van der Waals surface area (Å²) in [6, 6.07) is 8.40. The van der Waals surface area contributed by atoms with Gasteiger partial charge in [0, 0.05) is 5.56 Å². The molecule has 0 fully saturated rings. The van der Waals surface area contributed by atoms with Crippen LogP contribution in [-0.4, -0.2) is 18.9 Å². The Bertz CT molecular complexity index is 1020. The molecular formula is C19H15F3N4O2. The van der Waals surface area contributed by atoms with Crippen LogP contribution in [0, 0.1) is 27.9 Å². The number of benzene rings is 1. The summed E-state index contributed by atoms with van der Waals surface area (Å²) in [7, 11) is 0. The first-order chi connectivity index (χ1) is 13.1. The third-order valence-corrected chi connectivity index (χ3v) is 4.60. The van der Waals surface area contributed by atoms with Gasteiger partial charge < -0.3 is 9.94 Å². The summed E-state index contributed by atoms with van der Waals surface area (Å²) in [5.41, 5.74) is -3.51. The fourth-order valence-corrected chi connectivity index (χ4v) is 3.26. The zero-order valence-corrected chi connectivity index (χ0v) is 15.0. The number of aromatic nitrogens is 1. The van der Waals surface area contributed by atoms with Crippen molar-refractivity contribution in [3.05, 3.63) is 57.9 Å². The standard InChI is InChI=1S/C19H15F3N4O2/c1-11(2)28-10-18(19(20,21)22)14-5-12(7-23)3-4-16(14)25-17-15(18)6-13(8-24)9-26(17)27/h3-6,9,11,25H,10H2,1-2H3/t18-/m1/s1. The Morgan fingerprint density at radius 3 is 2.39 bits per heavy atom. The molecule has 6 nitrogen and oxygen atoms in total. The minimum absolute atomic E-state index is 0.0357. The number of halogens is 3. The molecule has 9 heteroatoms. The van der Waals surface area contributed by atoms with Crippen molar-refractivity contribution in [2.75, 3.05) is 11.9 Å². The van der Waals surface area contributed by atoms with E-state index >= 15 is 0 Å². The van der Waals surface area contributed by atoms with E-state index in [1.165, 1.54) is 12.1 Å². The highest BCUT2D eigenvalue weighted by Gasteiger charge is 2.63. The number of anilines is 2. The summed E-state index contributed by atoms with van der Waals surface area (Å²) >= 11 is 0. The van der Waals surface area contributed by atoms with Gasteiger partial charge in [-0.1, -0.05) is 0 Å². The maximum atomic E-state index is 14.6. The van der Waals surface area contributed by atoms with Gasteiger partial charge in [0.15, 0.2) is 5.41 Å². The normalized spacial score (nSPS) is 17.9. The molecule has 0 unspecified atom stereocenters. The van der Waals surface area contributed by atoms with E-state index in [0.717, 1.165) is 18.3 Å². The summed E-state index contributed by atoms with van der Waals surface area (Å²) in [6.45, 7) is 2.38. The van der Waals surface area contributed by atoms with E-state index in [0.29, 0.717) is 0 Å². The number of fused-ring (bicyclic) bond motifs is 2. The van der Waals surface area contributed by atoms with E-state index in [2.05, 4.69) is 5.32 Å². The first-order valence-electron chi connectivity index (χ1n) is 8.32. The molecule has 3 rings (SSSR count). The van der Waals surface area contributed by atoms with Crippen molar-refractivity contribution in [2.24, 2.45) is 0 Å². The summed E-state index contributed by atoms with van der Waals surface area (Å²) in [4.78, 5) is 0. The second kappa shape index (κ2) is 6.70. The molecule has 0 saturated carbocycles. The van der Waals surface area contributed by atoms with Crippen LogP contribution < -0.4 is 10.0 Å². The minimum Gasteiger partial charge on any atom is -0.711 e. The largest absolute Gasteiger partial charge is 0.711 e. The summed E-state index contributed by atoms with van der Waals surface area (Å²) in [6.07, 6.45) is -4.48. The smallest absolute Gasteiger partial charge is 0.405 e. The van der Waals surface area contributed by atoms with Crippen molar-refractivity contribution < 1.29 is 22.6 Å². The molecule has 1 aromatic carbocycles. The van der Waals surface area contributed by atoms with E-state index in [-0.39, 0.29) is 32.9 Å². The van der Waals surface area contributed by atoms with Crippen LogP contribution in [0.5, 0.6) is 0 Å². The predicted octanol–water partition coefficient (Wildman–Crippen LogP) is 3.39. The molecule has 0 bridgehead atoms. The highest BCUT2D eigenvalue weighted by atomic mass is 19.4. The number of pyridine rings is 1. The highest BCUT2D eigenvalue weighted by Crippen LogP contribution is 2.54. The summed E-state index contributed by atoms with van der Waals surface area (Å²) in [5.74, 6) is -0.333. The molecule has 1 aromatic heterocycles. The first-order valence-corrected chi connectivity index (χ1v) is 8.32. The fraction of sp³-hybridized carbons (Fsp3) is 0.316. The lowest BCUT2D eigenvalue weighted by Gasteiger charge is -2.40. The third kappa shape index (κ3) is 2.90. The molecule has 2 heterocycles. The molecule has 2 aromatic rings. The average molecular weight is 388 g/mol. The lowest BCUT2D eigenvalue weighted by Crippen LogP contribution is -2.52. The molecule has 1 N–H and O–H groups in total. The topological polar surface area (TPSA) is 95.8 Å². The lowest BCUT2D eigenvalue weighted by molar-refractivity contribution is -0.591. The summed E-state index contributed by atoms with van der Waals surface area (Å²) in [5, 5.41) is 33.4. The second-order valence-corrected chi connectivity index (χ2v) is 6.69. The highest BCUT2D eigenvalue weighted by molar-refractivity contribution is 5.74. The third-order valence-electron chi connectivity index (χ3n) is 4.60. The lowest BCUT2D eigenvalue weighted by atomic mass is 9.71. The predicted molar refractivity (Wildman–Crippen MR) is 92.5 cm³/mol. The van der Waals surface area contributed by atoms with E-state index in [1.807, 2.05) is 6.07 Å². The summed E-state index contributed by atoms with van der Waals surface area (Å²) < 4.78 is 49.5. The number of nitriles is 2. The van der Waals surface area contributed by atoms with Crippen molar-refractivity contribution in [3.63, 3.8) is 0 Å². The number of ether oxygens (including phenoxy) is 1. The van der Waals surface area contributed by atoms with Crippen molar-refractivity contribution in [1.82, 2.24) is 0 Å². The number of nitrogens with one attached hydrogen (secondary N) is 1. The molecule has 1 aliphatic heterocycles. The Kier molecular flexibility index (Phi) is 4.66. The Hall–Kier alpha value is -3.30. The molecule has 1 aliphatic rings. The van der Waals surface area contributed by atoms with Gasteiger partial charge in [0.1, 0.15) is 18.0 Å². The van der Waals surface area contributed by atoms with Crippen LogP contribution in [-0.2, 0) is 10.2 Å². The molecule has 0 radical (unpaired) electrons. The van der Waals surface area contributed by atoms with E-state index < -0.39 is 29.9 Å². The average Bonchev–Trinajstić information content (AvgIpc) is 2.64. The van der Waals surface area contributed by atoms with Crippen LogP contribution in [0.4, 0.5) is 24.7 Å². The quantitative estimate of drug-likeness (QED) is 0.642. The monoisotopic (exact) mass is 388 g/mol. The number of alkyl halides is 3. The van der Waals surface area contributed by atoms with Gasteiger partial charge in [0.05, 0.1) is 35.5 Å². The second-order valence-electron chi connectivity index (χ2n) is 6.69. The van der Waals surface area contributed by atoms with Crippen LogP contribution in [0.3, 0.4) is 0 Å². The van der Waals surface area contributed by atoms with E-state index in [9.17, 15) is 23.6 Å². The van der Waals surface area contributed by atoms with Crippen LogP contribution >= 0.6 is 0 Å². The van der Waals surface area contributed by atoms with Crippen LogP contribution in [0.15, 0.2) is 30.5 Å². The van der Waals surface area contributed by atoms with Crippen molar-refractivity contribution in [2.45, 2.75) is 31.5 Å². The number of rotatable bonds is 3.